The van der Waals surface area contributed by atoms with Gasteiger partial charge in [0, 0.05) is 4.88 Å². The predicted octanol–water partition coefficient (Wildman–Crippen LogP) is 3.93. The van der Waals surface area contributed by atoms with E-state index in [0.717, 1.165) is 3.79 Å². The quantitative estimate of drug-likeness (QED) is 0.890. The first-order chi connectivity index (χ1) is 6.68. The molecule has 0 fully saturated rings. The topological polar surface area (TPSA) is 26.0 Å². The summed E-state index contributed by atoms with van der Waals surface area (Å²) in [6.45, 7) is 2.11. The molecule has 2 heterocycles. The molecule has 1 unspecified atom stereocenters. The van der Waals surface area contributed by atoms with E-state index in [4.69, 9.17) is 5.73 Å². The van der Waals surface area contributed by atoms with Crippen LogP contribution in [0.3, 0.4) is 0 Å². The molecule has 2 aromatic rings. The molecule has 0 aliphatic heterocycles. The SMILES string of the molecule is Cc1sc(Br)cc1C(N)c1ccsc1. The lowest BCUT2D eigenvalue weighted by molar-refractivity contribution is 0.874. The number of rotatable bonds is 2. The summed E-state index contributed by atoms with van der Waals surface area (Å²) in [5.74, 6) is 0. The Morgan fingerprint density at radius 2 is 2.29 bits per heavy atom. The van der Waals surface area contributed by atoms with Crippen molar-refractivity contribution in [2.24, 2.45) is 5.73 Å². The molecule has 2 N–H and O–H groups in total. The van der Waals surface area contributed by atoms with Crippen molar-refractivity contribution in [3.63, 3.8) is 0 Å². The van der Waals surface area contributed by atoms with Crippen molar-refractivity contribution >= 4 is 38.6 Å². The highest BCUT2D eigenvalue weighted by molar-refractivity contribution is 9.11. The smallest absolute Gasteiger partial charge is 0.0704 e. The Morgan fingerprint density at radius 1 is 1.50 bits per heavy atom. The van der Waals surface area contributed by atoms with Gasteiger partial charge in [-0.2, -0.15) is 11.3 Å². The van der Waals surface area contributed by atoms with Gasteiger partial charge in [-0.15, -0.1) is 11.3 Å². The van der Waals surface area contributed by atoms with Crippen LogP contribution < -0.4 is 5.73 Å². The van der Waals surface area contributed by atoms with E-state index < -0.39 is 0 Å². The molecule has 74 valence electrons. The van der Waals surface area contributed by atoms with Gasteiger partial charge in [-0.25, -0.2) is 0 Å². The molecule has 0 spiro atoms. The Balaban J connectivity index is 2.36. The van der Waals surface area contributed by atoms with E-state index >= 15 is 0 Å². The van der Waals surface area contributed by atoms with Crippen molar-refractivity contribution < 1.29 is 0 Å². The van der Waals surface area contributed by atoms with E-state index in [1.807, 2.05) is 0 Å². The maximum atomic E-state index is 6.17. The van der Waals surface area contributed by atoms with Crippen LogP contribution in [0.1, 0.15) is 22.0 Å². The second kappa shape index (κ2) is 4.14. The molecule has 0 radical (unpaired) electrons. The maximum absolute atomic E-state index is 6.17. The molecule has 0 aromatic carbocycles. The molecule has 2 aromatic heterocycles. The summed E-state index contributed by atoms with van der Waals surface area (Å²) in [6.07, 6.45) is 0. The molecule has 1 atom stereocenters. The summed E-state index contributed by atoms with van der Waals surface area (Å²) in [5.41, 5.74) is 8.59. The van der Waals surface area contributed by atoms with Crippen LogP contribution >= 0.6 is 38.6 Å². The summed E-state index contributed by atoms with van der Waals surface area (Å²) in [7, 11) is 0. The Kier molecular flexibility index (Phi) is 3.07. The molecule has 14 heavy (non-hydrogen) atoms. The number of hydrogen-bond donors (Lipinski definition) is 1. The van der Waals surface area contributed by atoms with Gasteiger partial charge in [-0.1, -0.05) is 0 Å². The second-order valence-electron chi connectivity index (χ2n) is 3.10. The van der Waals surface area contributed by atoms with Crippen molar-refractivity contribution in [2.75, 3.05) is 0 Å². The van der Waals surface area contributed by atoms with Gasteiger partial charge in [0.1, 0.15) is 0 Å². The Bertz CT molecular complexity index is 419. The normalized spacial score (nSPS) is 13.1. The summed E-state index contributed by atoms with van der Waals surface area (Å²) < 4.78 is 1.15. The highest BCUT2D eigenvalue weighted by Crippen LogP contribution is 2.32. The Hall–Kier alpha value is -0.160. The third kappa shape index (κ3) is 1.93. The lowest BCUT2D eigenvalue weighted by Crippen LogP contribution is -2.10. The van der Waals surface area contributed by atoms with Gasteiger partial charge in [-0.05, 0) is 56.9 Å². The highest BCUT2D eigenvalue weighted by Gasteiger charge is 2.14. The van der Waals surface area contributed by atoms with Crippen LogP contribution in [-0.2, 0) is 0 Å². The predicted molar refractivity (Wildman–Crippen MR) is 67.1 cm³/mol. The maximum Gasteiger partial charge on any atom is 0.0704 e. The van der Waals surface area contributed by atoms with Gasteiger partial charge in [0.05, 0.1) is 9.83 Å². The van der Waals surface area contributed by atoms with E-state index in [0.29, 0.717) is 0 Å². The minimum atomic E-state index is 0.0174. The minimum absolute atomic E-state index is 0.0174. The first kappa shape index (κ1) is 10.4. The third-order valence-electron chi connectivity index (χ3n) is 2.16. The number of aryl methyl sites for hydroxylation is 1. The zero-order valence-corrected chi connectivity index (χ0v) is 10.9. The first-order valence-corrected chi connectivity index (χ1v) is 6.77. The Morgan fingerprint density at radius 3 is 2.79 bits per heavy atom. The zero-order chi connectivity index (χ0) is 10.1. The summed E-state index contributed by atoms with van der Waals surface area (Å²) >= 11 is 6.90. The minimum Gasteiger partial charge on any atom is -0.320 e. The first-order valence-electron chi connectivity index (χ1n) is 4.22. The van der Waals surface area contributed by atoms with Gasteiger partial charge in [0.2, 0.25) is 0 Å². The van der Waals surface area contributed by atoms with Gasteiger partial charge in [0.25, 0.3) is 0 Å². The van der Waals surface area contributed by atoms with E-state index in [1.54, 1.807) is 22.7 Å². The van der Waals surface area contributed by atoms with E-state index in [-0.39, 0.29) is 6.04 Å². The fourth-order valence-corrected chi connectivity index (χ4v) is 3.85. The second-order valence-corrected chi connectivity index (χ2v) is 6.51. The average Bonchev–Trinajstić information content (AvgIpc) is 2.73. The fourth-order valence-electron chi connectivity index (χ4n) is 1.40. The standard InChI is InChI=1S/C10H10BrNS2/c1-6-8(4-9(11)14-6)10(12)7-2-3-13-5-7/h2-5,10H,12H2,1H3. The van der Waals surface area contributed by atoms with Crippen molar-refractivity contribution in [3.05, 3.63) is 42.7 Å². The number of hydrogen-bond acceptors (Lipinski definition) is 3. The fraction of sp³-hybridized carbons (Fsp3) is 0.200. The molecule has 0 amide bonds. The third-order valence-corrected chi connectivity index (χ3v) is 4.43. The van der Waals surface area contributed by atoms with Gasteiger partial charge >= 0.3 is 0 Å². The van der Waals surface area contributed by atoms with Crippen LogP contribution in [0.25, 0.3) is 0 Å². The van der Waals surface area contributed by atoms with Gasteiger partial charge in [-0.3, -0.25) is 0 Å². The van der Waals surface area contributed by atoms with Crippen LogP contribution in [0.4, 0.5) is 0 Å². The van der Waals surface area contributed by atoms with Crippen molar-refractivity contribution in [1.82, 2.24) is 0 Å². The lowest BCUT2D eigenvalue weighted by Gasteiger charge is -2.08. The van der Waals surface area contributed by atoms with Crippen molar-refractivity contribution in [2.45, 2.75) is 13.0 Å². The zero-order valence-electron chi connectivity index (χ0n) is 7.66. The van der Waals surface area contributed by atoms with E-state index in [2.05, 4.69) is 45.7 Å². The molecule has 0 saturated heterocycles. The molecule has 0 saturated carbocycles. The van der Waals surface area contributed by atoms with Crippen molar-refractivity contribution in [1.29, 1.82) is 0 Å². The van der Waals surface area contributed by atoms with Crippen molar-refractivity contribution in [3.8, 4) is 0 Å². The van der Waals surface area contributed by atoms with E-state index in [1.165, 1.54) is 16.0 Å². The van der Waals surface area contributed by atoms with Crippen LogP contribution in [0.2, 0.25) is 0 Å². The number of halogens is 1. The Labute approximate surface area is 99.7 Å². The number of thiophene rings is 2. The van der Waals surface area contributed by atoms with Crippen LogP contribution in [-0.4, -0.2) is 0 Å². The number of nitrogens with two attached hydrogens (primary N) is 1. The van der Waals surface area contributed by atoms with Crippen LogP contribution in [0, 0.1) is 6.92 Å². The summed E-state index contributed by atoms with van der Waals surface area (Å²) in [6, 6.07) is 4.21. The average molecular weight is 288 g/mol. The van der Waals surface area contributed by atoms with Crippen LogP contribution in [0.15, 0.2) is 26.7 Å². The molecule has 0 aliphatic rings. The molecule has 0 bridgehead atoms. The van der Waals surface area contributed by atoms with Gasteiger partial charge < -0.3 is 5.73 Å². The summed E-state index contributed by atoms with van der Waals surface area (Å²) in [5, 5.41) is 4.17. The highest BCUT2D eigenvalue weighted by atomic mass is 79.9. The molecular formula is C10H10BrNS2. The largest absolute Gasteiger partial charge is 0.320 e. The molecule has 2 rings (SSSR count). The molecule has 0 aliphatic carbocycles. The van der Waals surface area contributed by atoms with E-state index in [9.17, 15) is 0 Å². The van der Waals surface area contributed by atoms with Crippen LogP contribution in [0.5, 0.6) is 0 Å². The summed E-state index contributed by atoms with van der Waals surface area (Å²) in [4.78, 5) is 1.29. The monoisotopic (exact) mass is 287 g/mol. The van der Waals surface area contributed by atoms with Gasteiger partial charge in [0.15, 0.2) is 0 Å². The molecule has 1 nitrogen and oxygen atoms in total. The molecular weight excluding hydrogens is 278 g/mol. The lowest BCUT2D eigenvalue weighted by atomic mass is 10.0. The molecule has 4 heteroatoms.